The van der Waals surface area contributed by atoms with E-state index < -0.39 is 0 Å². The minimum Gasteiger partial charge on any atom is -0.354 e. The zero-order chi connectivity index (χ0) is 20.3. The molecule has 28 heavy (non-hydrogen) atoms. The van der Waals surface area contributed by atoms with Crippen molar-refractivity contribution in [1.82, 2.24) is 15.1 Å². The van der Waals surface area contributed by atoms with Crippen LogP contribution in [0.3, 0.4) is 0 Å². The lowest BCUT2D eigenvalue weighted by molar-refractivity contribution is -0.130. The molecule has 5 nitrogen and oxygen atoms in total. The molecule has 2 heterocycles. The van der Waals surface area contributed by atoms with Crippen molar-refractivity contribution in [3.05, 3.63) is 41.6 Å². The second-order valence-electron chi connectivity index (χ2n) is 8.87. The first-order chi connectivity index (χ1) is 13.3. The van der Waals surface area contributed by atoms with E-state index in [9.17, 15) is 9.59 Å². The first kappa shape index (κ1) is 20.6. The molecule has 1 saturated heterocycles. The Morgan fingerprint density at radius 2 is 2.00 bits per heavy atom. The second kappa shape index (κ2) is 8.48. The molecule has 2 unspecified atom stereocenters. The maximum Gasteiger partial charge on any atom is 0.223 e. The molecule has 0 saturated carbocycles. The summed E-state index contributed by atoms with van der Waals surface area (Å²) in [4.78, 5) is 29.0. The number of benzene rings is 1. The Bertz CT molecular complexity index is 756. The lowest BCUT2D eigenvalue weighted by Crippen LogP contribution is -2.54. The van der Waals surface area contributed by atoms with Gasteiger partial charge in [0.15, 0.2) is 0 Å². The van der Waals surface area contributed by atoms with Crippen LogP contribution in [-0.4, -0.2) is 46.8 Å². The molecule has 0 aliphatic carbocycles. The van der Waals surface area contributed by atoms with E-state index in [1.165, 1.54) is 12.8 Å². The van der Waals surface area contributed by atoms with E-state index in [4.69, 9.17) is 0 Å². The van der Waals surface area contributed by atoms with Gasteiger partial charge in [-0.05, 0) is 56.4 Å². The third kappa shape index (κ3) is 4.64. The summed E-state index contributed by atoms with van der Waals surface area (Å²) in [5.74, 6) is 0.643. The highest BCUT2D eigenvalue weighted by Crippen LogP contribution is 2.33. The van der Waals surface area contributed by atoms with Gasteiger partial charge in [-0.2, -0.15) is 0 Å². The average molecular weight is 384 g/mol. The van der Waals surface area contributed by atoms with Crippen molar-refractivity contribution in [2.45, 2.75) is 58.5 Å². The number of piperidine rings is 1. The predicted octanol–water partition coefficient (Wildman–Crippen LogP) is 3.58. The van der Waals surface area contributed by atoms with Crippen LogP contribution >= 0.6 is 0 Å². The molecule has 152 valence electrons. The van der Waals surface area contributed by atoms with E-state index in [1.54, 1.807) is 18.0 Å². The van der Waals surface area contributed by atoms with Gasteiger partial charge in [0.2, 0.25) is 11.8 Å². The van der Waals surface area contributed by atoms with Gasteiger partial charge in [0.1, 0.15) is 0 Å². The number of carbonyl (C=O) groups is 2. The van der Waals surface area contributed by atoms with Gasteiger partial charge < -0.3 is 10.2 Å². The summed E-state index contributed by atoms with van der Waals surface area (Å²) in [6, 6.07) is 7.71. The summed E-state index contributed by atoms with van der Waals surface area (Å²) < 4.78 is 0. The van der Waals surface area contributed by atoms with Crippen molar-refractivity contribution in [2.24, 2.45) is 5.92 Å². The third-order valence-corrected chi connectivity index (χ3v) is 6.08. The highest BCUT2D eigenvalue weighted by atomic mass is 16.2. The normalized spacial score (nSPS) is 22.6. The second-order valence-corrected chi connectivity index (χ2v) is 8.87. The molecule has 2 amide bonds. The quantitative estimate of drug-likeness (QED) is 0.846. The molecule has 0 spiro atoms. The third-order valence-electron chi connectivity index (χ3n) is 6.08. The smallest absolute Gasteiger partial charge is 0.223 e. The van der Waals surface area contributed by atoms with Gasteiger partial charge in [0.25, 0.3) is 0 Å². The van der Waals surface area contributed by atoms with Crippen molar-refractivity contribution in [1.29, 1.82) is 0 Å². The van der Waals surface area contributed by atoms with Crippen LogP contribution in [0.15, 0.2) is 30.5 Å². The van der Waals surface area contributed by atoms with Gasteiger partial charge in [-0.3, -0.25) is 14.5 Å². The topological polar surface area (TPSA) is 52.7 Å². The number of hydrogen-bond acceptors (Lipinski definition) is 3. The molecule has 1 aromatic rings. The lowest BCUT2D eigenvalue weighted by atomic mass is 9.92. The SMILES string of the molecule is CC(=O)N1C=Cc2ccccc2C1CC(=O)NCC(C)(C)N1CCCC(C)C1. The fraction of sp³-hybridized carbons (Fsp3) is 0.565. The molecular weight excluding hydrogens is 350 g/mol. The largest absolute Gasteiger partial charge is 0.354 e. The fourth-order valence-electron chi connectivity index (χ4n) is 4.33. The van der Waals surface area contributed by atoms with E-state index in [2.05, 4.69) is 31.0 Å². The van der Waals surface area contributed by atoms with Gasteiger partial charge in [-0.1, -0.05) is 31.2 Å². The molecule has 2 atom stereocenters. The molecule has 2 aliphatic heterocycles. The summed E-state index contributed by atoms with van der Waals surface area (Å²) >= 11 is 0. The first-order valence-electron chi connectivity index (χ1n) is 10.4. The van der Waals surface area contributed by atoms with E-state index in [-0.39, 0.29) is 29.8 Å². The monoisotopic (exact) mass is 383 g/mol. The molecule has 0 bridgehead atoms. The molecule has 1 aromatic carbocycles. The number of nitrogens with one attached hydrogen (secondary N) is 1. The average Bonchev–Trinajstić information content (AvgIpc) is 2.66. The Labute approximate surface area is 168 Å². The van der Waals surface area contributed by atoms with Crippen LogP contribution in [0, 0.1) is 5.92 Å². The van der Waals surface area contributed by atoms with Gasteiger partial charge in [-0.15, -0.1) is 0 Å². The van der Waals surface area contributed by atoms with Crippen LogP contribution in [0.25, 0.3) is 6.08 Å². The van der Waals surface area contributed by atoms with Crippen molar-refractivity contribution in [2.75, 3.05) is 19.6 Å². The number of likely N-dealkylation sites (tertiary alicyclic amines) is 1. The van der Waals surface area contributed by atoms with Gasteiger partial charge in [0, 0.05) is 31.8 Å². The Hall–Kier alpha value is -2.14. The molecule has 3 rings (SSSR count). The molecule has 1 fully saturated rings. The van der Waals surface area contributed by atoms with Crippen LogP contribution in [0.5, 0.6) is 0 Å². The van der Waals surface area contributed by atoms with E-state index in [1.807, 2.05) is 30.3 Å². The molecule has 2 aliphatic rings. The van der Waals surface area contributed by atoms with Crippen LogP contribution < -0.4 is 5.32 Å². The summed E-state index contributed by atoms with van der Waals surface area (Å²) in [6.07, 6.45) is 6.51. The molecule has 1 N–H and O–H groups in total. The maximum absolute atomic E-state index is 12.8. The number of carbonyl (C=O) groups excluding carboxylic acids is 2. The van der Waals surface area contributed by atoms with E-state index in [0.29, 0.717) is 12.5 Å². The Morgan fingerprint density at radius 3 is 2.71 bits per heavy atom. The summed E-state index contributed by atoms with van der Waals surface area (Å²) in [5.41, 5.74) is 2.02. The maximum atomic E-state index is 12.8. The highest BCUT2D eigenvalue weighted by Gasteiger charge is 2.32. The van der Waals surface area contributed by atoms with Crippen LogP contribution in [0.4, 0.5) is 0 Å². The summed E-state index contributed by atoms with van der Waals surface area (Å²) in [6.45, 7) is 11.0. The molecule has 0 radical (unpaired) electrons. The van der Waals surface area contributed by atoms with Crippen LogP contribution in [0.1, 0.15) is 64.1 Å². The van der Waals surface area contributed by atoms with Crippen molar-refractivity contribution in [3.63, 3.8) is 0 Å². The minimum absolute atomic E-state index is 0.0144. The fourth-order valence-corrected chi connectivity index (χ4v) is 4.33. The first-order valence-corrected chi connectivity index (χ1v) is 10.4. The Morgan fingerprint density at radius 1 is 1.25 bits per heavy atom. The minimum atomic E-state index is -0.253. The standard InChI is InChI=1S/C23H33N3O2/c1-17-8-7-12-25(15-17)23(3,4)16-24-22(28)14-21-20-10-6-5-9-19(20)11-13-26(21)18(2)27/h5-6,9-11,13,17,21H,7-8,12,14-16H2,1-4H3,(H,24,28). The molecule has 5 heteroatoms. The number of hydrogen-bond donors (Lipinski definition) is 1. The number of amides is 2. The van der Waals surface area contributed by atoms with Crippen LogP contribution in [-0.2, 0) is 9.59 Å². The summed E-state index contributed by atoms with van der Waals surface area (Å²) in [7, 11) is 0. The van der Waals surface area contributed by atoms with Crippen molar-refractivity contribution >= 4 is 17.9 Å². The number of rotatable bonds is 5. The lowest BCUT2D eigenvalue weighted by Gasteiger charge is -2.43. The zero-order valence-corrected chi connectivity index (χ0v) is 17.6. The van der Waals surface area contributed by atoms with Gasteiger partial charge in [0.05, 0.1) is 12.5 Å². The molecular formula is C23H33N3O2. The Kier molecular flexibility index (Phi) is 6.23. The summed E-state index contributed by atoms with van der Waals surface area (Å²) in [5, 5.41) is 3.13. The highest BCUT2D eigenvalue weighted by molar-refractivity contribution is 5.81. The van der Waals surface area contributed by atoms with Crippen molar-refractivity contribution < 1.29 is 9.59 Å². The Balaban J connectivity index is 1.64. The van der Waals surface area contributed by atoms with Gasteiger partial charge >= 0.3 is 0 Å². The number of nitrogens with zero attached hydrogens (tertiary/aromatic N) is 2. The van der Waals surface area contributed by atoms with Gasteiger partial charge in [-0.25, -0.2) is 0 Å². The van der Waals surface area contributed by atoms with Crippen molar-refractivity contribution in [3.8, 4) is 0 Å². The molecule has 0 aromatic heterocycles. The predicted molar refractivity (Wildman–Crippen MR) is 112 cm³/mol. The van der Waals surface area contributed by atoms with Crippen LogP contribution in [0.2, 0.25) is 0 Å². The van der Waals surface area contributed by atoms with E-state index in [0.717, 1.165) is 24.2 Å². The van der Waals surface area contributed by atoms with E-state index >= 15 is 0 Å². The zero-order valence-electron chi connectivity index (χ0n) is 17.6. The number of fused-ring (bicyclic) bond motifs is 1.